The number of para-hydroxylation sites is 1. The van der Waals surface area contributed by atoms with Crippen LogP contribution in [0.25, 0.3) is 10.9 Å². The molecule has 4 aromatic rings. The lowest BCUT2D eigenvalue weighted by molar-refractivity contribution is -0.141. The quantitative estimate of drug-likeness (QED) is 0.249. The van der Waals surface area contributed by atoms with Crippen molar-refractivity contribution in [2.45, 2.75) is 18.3 Å². The van der Waals surface area contributed by atoms with Gasteiger partial charge in [0.2, 0.25) is 11.8 Å². The van der Waals surface area contributed by atoms with Gasteiger partial charge in [-0.05, 0) is 34.4 Å². The van der Waals surface area contributed by atoms with Gasteiger partial charge in [-0.15, -0.1) is 0 Å². The van der Waals surface area contributed by atoms with Crippen molar-refractivity contribution in [3.05, 3.63) is 107 Å². The van der Waals surface area contributed by atoms with E-state index < -0.39 is 17.8 Å². The lowest BCUT2D eigenvalue weighted by Gasteiger charge is -2.45. The highest BCUT2D eigenvalue weighted by atomic mass is 16.5. The first-order chi connectivity index (χ1) is 17.6. The third-order valence-corrected chi connectivity index (χ3v) is 7.90. The highest BCUT2D eigenvalue weighted by Gasteiger charge is 2.61. The number of aromatic nitrogens is 1. The van der Waals surface area contributed by atoms with Gasteiger partial charge in [0.05, 0.1) is 18.3 Å². The molecular weight excluding hydrogens is 452 g/mol. The van der Waals surface area contributed by atoms with Gasteiger partial charge >= 0.3 is 5.97 Å². The molecule has 2 heterocycles. The number of imide groups is 1. The molecule has 2 atom stereocenters. The largest absolute Gasteiger partial charge is 0.424 e. The van der Waals surface area contributed by atoms with E-state index in [1.807, 2.05) is 42.5 Å². The number of carbonyl (C=O) groups excluding carboxylic acids is 3. The first kappa shape index (κ1) is 21.0. The number of pyridine rings is 1. The number of benzene rings is 3. The lowest BCUT2D eigenvalue weighted by atomic mass is 9.55. The number of carbonyl (C=O) groups is 3. The second kappa shape index (κ2) is 7.85. The van der Waals surface area contributed by atoms with Crippen molar-refractivity contribution in [1.29, 1.82) is 0 Å². The van der Waals surface area contributed by atoms with Gasteiger partial charge in [-0.2, -0.15) is 0 Å². The minimum Gasteiger partial charge on any atom is -0.424 e. The predicted molar refractivity (Wildman–Crippen MR) is 132 cm³/mol. The van der Waals surface area contributed by atoms with Gasteiger partial charge in [0.25, 0.3) is 0 Å². The molecule has 3 aliphatic carbocycles. The summed E-state index contributed by atoms with van der Waals surface area (Å²) in [5.41, 5.74) is 5.13. The number of ether oxygens (including phenoxy) is 1. The van der Waals surface area contributed by atoms with E-state index in [1.165, 1.54) is 4.90 Å². The van der Waals surface area contributed by atoms with E-state index in [2.05, 4.69) is 29.2 Å². The summed E-state index contributed by atoms with van der Waals surface area (Å²) in [6.45, 7) is 0.00776. The Morgan fingerprint density at radius 3 is 1.89 bits per heavy atom. The van der Waals surface area contributed by atoms with Crippen molar-refractivity contribution in [2.75, 3.05) is 6.54 Å². The van der Waals surface area contributed by atoms with E-state index in [0.29, 0.717) is 11.3 Å². The predicted octanol–water partition coefficient (Wildman–Crippen LogP) is 4.42. The van der Waals surface area contributed by atoms with Crippen LogP contribution in [0.2, 0.25) is 0 Å². The topological polar surface area (TPSA) is 76.6 Å². The van der Waals surface area contributed by atoms with E-state index in [0.717, 1.165) is 27.6 Å². The highest BCUT2D eigenvalue weighted by molar-refractivity contribution is 6.08. The average Bonchev–Trinajstić information content (AvgIpc) is 3.17. The van der Waals surface area contributed by atoms with Crippen molar-refractivity contribution in [2.24, 2.45) is 11.8 Å². The van der Waals surface area contributed by atoms with Gasteiger partial charge in [-0.25, -0.2) is 0 Å². The van der Waals surface area contributed by atoms with Crippen LogP contribution in [0.5, 0.6) is 5.75 Å². The van der Waals surface area contributed by atoms with Crippen molar-refractivity contribution in [3.63, 3.8) is 0 Å². The van der Waals surface area contributed by atoms with Crippen LogP contribution in [0, 0.1) is 11.8 Å². The Morgan fingerprint density at radius 1 is 0.750 bits per heavy atom. The van der Waals surface area contributed by atoms with Crippen molar-refractivity contribution in [3.8, 4) is 5.75 Å². The number of rotatable bonds is 4. The van der Waals surface area contributed by atoms with Crippen LogP contribution in [0.15, 0.2) is 85.1 Å². The van der Waals surface area contributed by atoms with Crippen molar-refractivity contribution < 1.29 is 19.1 Å². The summed E-state index contributed by atoms with van der Waals surface area (Å²) in [7, 11) is 0. The Hall–Kier alpha value is -4.32. The zero-order valence-electron chi connectivity index (χ0n) is 19.3. The fraction of sp³-hybridized carbons (Fsp3) is 0.200. The van der Waals surface area contributed by atoms with Gasteiger partial charge in [0.1, 0.15) is 5.52 Å². The molecule has 0 saturated carbocycles. The fourth-order valence-corrected chi connectivity index (χ4v) is 6.49. The molecule has 6 nitrogen and oxygen atoms in total. The number of nitrogens with zero attached hydrogens (tertiary/aromatic N) is 2. The molecule has 176 valence electrons. The normalized spacial score (nSPS) is 23.4. The van der Waals surface area contributed by atoms with Gasteiger partial charge in [-0.3, -0.25) is 24.3 Å². The molecule has 0 spiro atoms. The molecule has 1 aromatic heterocycles. The third kappa shape index (κ3) is 2.90. The summed E-state index contributed by atoms with van der Waals surface area (Å²) in [6.07, 6.45) is 1.57. The van der Waals surface area contributed by atoms with Crippen molar-refractivity contribution >= 4 is 28.7 Å². The maximum absolute atomic E-state index is 13.6. The van der Waals surface area contributed by atoms with Crippen LogP contribution in [0.3, 0.4) is 0 Å². The van der Waals surface area contributed by atoms with Crippen LogP contribution in [0.4, 0.5) is 0 Å². The molecule has 2 bridgehead atoms. The molecule has 3 aromatic carbocycles. The number of fused-ring (bicyclic) bond motifs is 1. The summed E-state index contributed by atoms with van der Waals surface area (Å²) in [4.78, 5) is 45.6. The van der Waals surface area contributed by atoms with E-state index >= 15 is 0 Å². The van der Waals surface area contributed by atoms with Crippen LogP contribution < -0.4 is 4.74 Å². The Labute approximate surface area is 207 Å². The van der Waals surface area contributed by atoms with E-state index in [9.17, 15) is 14.4 Å². The lowest BCUT2D eigenvalue weighted by Crippen LogP contribution is -2.41. The van der Waals surface area contributed by atoms with Crippen LogP contribution in [-0.2, 0) is 14.4 Å². The van der Waals surface area contributed by atoms with Gasteiger partial charge in [0.15, 0.2) is 5.75 Å². The summed E-state index contributed by atoms with van der Waals surface area (Å²) in [5, 5.41) is 0.867. The molecule has 1 fully saturated rings. The summed E-state index contributed by atoms with van der Waals surface area (Å²) >= 11 is 0. The average molecular weight is 475 g/mol. The minimum absolute atomic E-state index is 0.00776. The Kier molecular flexibility index (Phi) is 4.58. The zero-order valence-corrected chi connectivity index (χ0v) is 19.3. The fourth-order valence-electron chi connectivity index (χ4n) is 6.49. The van der Waals surface area contributed by atoms with Crippen LogP contribution in [0.1, 0.15) is 40.5 Å². The monoisotopic (exact) mass is 474 g/mol. The van der Waals surface area contributed by atoms with Crippen LogP contribution >= 0.6 is 0 Å². The molecule has 0 radical (unpaired) electrons. The smallest absolute Gasteiger partial charge is 0.313 e. The molecule has 0 N–H and O–H groups in total. The Bertz CT molecular complexity index is 1460. The number of hydrogen-bond donors (Lipinski definition) is 0. The first-order valence-electron chi connectivity index (χ1n) is 12.2. The maximum atomic E-state index is 13.6. The summed E-state index contributed by atoms with van der Waals surface area (Å²) in [5.74, 6) is -1.69. The minimum atomic E-state index is -0.502. The van der Waals surface area contributed by atoms with Gasteiger partial charge in [-0.1, -0.05) is 66.7 Å². The molecule has 2 unspecified atom stereocenters. The highest BCUT2D eigenvalue weighted by Crippen LogP contribution is 2.60. The van der Waals surface area contributed by atoms with Crippen LogP contribution in [-0.4, -0.2) is 34.2 Å². The van der Waals surface area contributed by atoms with Gasteiger partial charge < -0.3 is 4.74 Å². The third-order valence-electron chi connectivity index (χ3n) is 7.90. The molecule has 36 heavy (non-hydrogen) atoms. The first-order valence-corrected chi connectivity index (χ1v) is 12.2. The van der Waals surface area contributed by atoms with E-state index in [-0.39, 0.29) is 36.6 Å². The number of amides is 2. The molecule has 4 aliphatic rings. The summed E-state index contributed by atoms with van der Waals surface area (Å²) < 4.78 is 5.58. The number of likely N-dealkylation sites (tertiary alicyclic amines) is 1. The zero-order chi connectivity index (χ0) is 24.4. The van der Waals surface area contributed by atoms with E-state index in [1.54, 1.807) is 18.3 Å². The molecule has 6 heteroatoms. The molecular formula is C30H22N2O4. The van der Waals surface area contributed by atoms with Gasteiger partial charge in [0, 0.05) is 30.0 Å². The number of hydrogen-bond acceptors (Lipinski definition) is 5. The standard InChI is InChI=1S/C30H22N2O4/c33-23(36-22-13-5-7-17-8-6-15-31-28(17)22)14-16-32-29(34)26-24-18-9-1-2-10-19(18)25(27(26)30(32)35)21-12-4-3-11-20(21)24/h1-13,15,24-27H,14,16H2. The maximum Gasteiger partial charge on any atom is 0.313 e. The second-order valence-corrected chi connectivity index (χ2v) is 9.65. The van der Waals surface area contributed by atoms with Crippen molar-refractivity contribution in [1.82, 2.24) is 9.88 Å². The molecule has 2 amide bonds. The Morgan fingerprint density at radius 2 is 1.31 bits per heavy atom. The molecule has 8 rings (SSSR count). The second-order valence-electron chi connectivity index (χ2n) is 9.65. The SMILES string of the molecule is O=C(CCN1C(=O)C2C3c4ccccc4C(c4ccccc43)C2C1=O)Oc1cccc2cccnc12. The summed E-state index contributed by atoms with van der Waals surface area (Å²) in [6, 6.07) is 25.4. The van der Waals surface area contributed by atoms with E-state index in [4.69, 9.17) is 4.74 Å². The molecule has 1 saturated heterocycles. The number of esters is 1. The molecule has 1 aliphatic heterocycles. The Balaban J connectivity index is 1.15.